The maximum absolute atomic E-state index is 14.8. The monoisotopic (exact) mass is 1130 g/mol. The summed E-state index contributed by atoms with van der Waals surface area (Å²) in [5.41, 5.74) is 0. The molecule has 0 heterocycles. The summed E-state index contributed by atoms with van der Waals surface area (Å²) in [6, 6.07) is 0. The summed E-state index contributed by atoms with van der Waals surface area (Å²) in [5, 5.41) is 39.1. The fourth-order valence-corrected chi connectivity index (χ4v) is 11.9. The van der Waals surface area contributed by atoms with Gasteiger partial charge in [0.1, 0.15) is 0 Å². The number of aliphatic carboxylic acids is 3. The zero-order valence-corrected chi connectivity index (χ0v) is 52.1. The third-order valence-corrected chi connectivity index (χ3v) is 17.4. The Morgan fingerprint density at radius 2 is 0.833 bits per heavy atom. The molecule has 0 radical (unpaired) electrons. The van der Waals surface area contributed by atoms with Gasteiger partial charge in [-0.3, -0.25) is 19.2 Å². The molecule has 0 aromatic heterocycles. The van der Waals surface area contributed by atoms with Crippen molar-refractivity contribution in [2.75, 3.05) is 73.2 Å². The van der Waals surface area contributed by atoms with Crippen molar-refractivity contribution >= 4 is 39.8 Å². The van der Waals surface area contributed by atoms with Crippen molar-refractivity contribution in [3.63, 3.8) is 0 Å². The van der Waals surface area contributed by atoms with Gasteiger partial charge in [-0.1, -0.05) is 214 Å². The molecule has 0 aliphatic heterocycles. The summed E-state index contributed by atoms with van der Waals surface area (Å²) in [5.74, 6) is -9.63. The Labute approximate surface area is 477 Å². The van der Waals surface area contributed by atoms with Gasteiger partial charge in [-0.05, 0) is 31.1 Å². The molecule has 2 amide bonds. The standard InChI is InChI=1S/C62H120N4O11S/c1-9-11-13-15-17-19-21-23-25-27-29-31-33-35-40-52(3)50-56(62(73)74)58(60(70)64-44-38-46-66(7,8)48-42-57(67)68)54(41-36-34-32-30-28-26-24-22-20-18-16-14-12-10-2)51-55(61(71)72)53(4)59(69)63-43-37-45-65(5,6)47-39-49-78(75,76)77/h52-56,58H,9-51H2,1-8H3,(H4-2,63,64,67,68,69,70,71,72,73,74,75,76,77). The van der Waals surface area contributed by atoms with Crippen LogP contribution in [0.1, 0.15) is 259 Å². The van der Waals surface area contributed by atoms with Gasteiger partial charge in [-0.2, -0.15) is 0 Å². The zero-order valence-electron chi connectivity index (χ0n) is 51.2. The number of unbranched alkanes of at least 4 members (excludes halogenated alkanes) is 26. The molecule has 0 fully saturated rings. The van der Waals surface area contributed by atoms with E-state index in [-0.39, 0.29) is 44.7 Å². The Morgan fingerprint density at radius 1 is 0.474 bits per heavy atom. The van der Waals surface area contributed by atoms with E-state index in [9.17, 15) is 52.3 Å². The van der Waals surface area contributed by atoms with Crippen LogP contribution in [0.5, 0.6) is 0 Å². The molecule has 4 N–H and O–H groups in total. The summed E-state index contributed by atoms with van der Waals surface area (Å²) >= 11 is 0. The lowest BCUT2D eigenvalue weighted by Gasteiger charge is -2.35. The smallest absolute Gasteiger partial charge is 0.307 e. The number of rotatable bonds is 56. The number of nitrogens with one attached hydrogen (secondary N) is 2. The average Bonchev–Trinajstić information content (AvgIpc) is 3.36. The Hall–Kier alpha value is -2.82. The molecule has 0 saturated heterocycles. The van der Waals surface area contributed by atoms with Crippen molar-refractivity contribution in [2.45, 2.75) is 259 Å². The summed E-state index contributed by atoms with van der Waals surface area (Å²) in [6.07, 6.45) is 36.4. The van der Waals surface area contributed by atoms with E-state index in [1.165, 1.54) is 128 Å². The van der Waals surface area contributed by atoms with Crippen molar-refractivity contribution in [3.8, 4) is 0 Å². The second kappa shape index (κ2) is 45.8. The van der Waals surface area contributed by atoms with Gasteiger partial charge in [0.15, 0.2) is 0 Å². The van der Waals surface area contributed by atoms with Crippen LogP contribution in [0.3, 0.4) is 0 Å². The van der Waals surface area contributed by atoms with Crippen LogP contribution in [0.15, 0.2) is 0 Å². The molecule has 0 aliphatic carbocycles. The van der Waals surface area contributed by atoms with Crippen LogP contribution in [0.4, 0.5) is 0 Å². The van der Waals surface area contributed by atoms with Gasteiger partial charge in [-0.15, -0.1) is 0 Å². The molecule has 15 nitrogen and oxygen atoms in total. The van der Waals surface area contributed by atoms with Gasteiger partial charge in [-0.25, -0.2) is 8.42 Å². The molecule has 16 heteroatoms. The molecule has 0 rings (SSSR count). The number of carboxylic acid groups (broad SMARTS) is 3. The highest BCUT2D eigenvalue weighted by molar-refractivity contribution is 7.85. The maximum atomic E-state index is 14.8. The number of hydrogen-bond donors (Lipinski definition) is 4. The minimum absolute atomic E-state index is 0.00514. The predicted molar refractivity (Wildman–Crippen MR) is 314 cm³/mol. The largest absolute Gasteiger partial charge is 0.748 e. The topological polar surface area (TPSA) is 230 Å². The minimum Gasteiger partial charge on any atom is -0.748 e. The van der Waals surface area contributed by atoms with Gasteiger partial charge in [0.2, 0.25) is 11.8 Å². The SMILES string of the molecule is CCCCCCCCCCCCCCCCC(C)CC(C(=O)O)C(C(=O)NCCC[N+](C)(C)CCC(=O)[O-])C(CCCCCCCCCCCCCCCC)CC(C(=O)O)C(C)C(=O)NCCC[N+](C)(C)CCCS(=O)(=O)[O-]. The Morgan fingerprint density at radius 3 is 1.22 bits per heavy atom. The lowest BCUT2D eigenvalue weighted by molar-refractivity contribution is -0.890. The fourth-order valence-electron chi connectivity index (χ4n) is 11.4. The molecule has 0 spiro atoms. The third-order valence-electron chi connectivity index (χ3n) is 16.6. The van der Waals surface area contributed by atoms with Gasteiger partial charge >= 0.3 is 11.9 Å². The molecule has 6 atom stereocenters. The number of quaternary nitrogens is 2. The molecule has 6 unspecified atom stereocenters. The van der Waals surface area contributed by atoms with E-state index in [1.807, 2.05) is 28.2 Å². The van der Waals surface area contributed by atoms with Crippen molar-refractivity contribution in [3.05, 3.63) is 0 Å². The van der Waals surface area contributed by atoms with Crippen LogP contribution in [0.2, 0.25) is 0 Å². The second-order valence-electron chi connectivity index (χ2n) is 25.1. The van der Waals surface area contributed by atoms with E-state index in [4.69, 9.17) is 0 Å². The van der Waals surface area contributed by atoms with Gasteiger partial charge in [0.25, 0.3) is 0 Å². The number of amides is 2. The Kier molecular flexibility index (Phi) is 44.1. The Balaban J connectivity index is 6.35. The molecule has 78 heavy (non-hydrogen) atoms. The molecule has 0 aliphatic rings. The van der Waals surface area contributed by atoms with Crippen molar-refractivity contribution in [2.24, 2.45) is 35.5 Å². The summed E-state index contributed by atoms with van der Waals surface area (Å²) < 4.78 is 34.3. The average molecular weight is 1130 g/mol. The zero-order chi connectivity index (χ0) is 58.7. The van der Waals surface area contributed by atoms with E-state index in [0.29, 0.717) is 60.8 Å². The van der Waals surface area contributed by atoms with Gasteiger partial charge in [0, 0.05) is 56.4 Å². The van der Waals surface area contributed by atoms with E-state index >= 15 is 0 Å². The maximum Gasteiger partial charge on any atom is 0.307 e. The highest BCUT2D eigenvalue weighted by atomic mass is 32.2. The first-order valence-corrected chi connectivity index (χ1v) is 33.3. The molecular weight excluding hydrogens is 1010 g/mol. The number of nitrogens with zero attached hydrogens (tertiary/aromatic N) is 2. The molecule has 0 aromatic carbocycles. The van der Waals surface area contributed by atoms with E-state index in [2.05, 4.69) is 31.4 Å². The second-order valence-corrected chi connectivity index (χ2v) is 26.6. The third kappa shape index (κ3) is 42.1. The first-order chi connectivity index (χ1) is 37.0. The summed E-state index contributed by atoms with van der Waals surface area (Å²) in [4.78, 5) is 66.7. The summed E-state index contributed by atoms with van der Waals surface area (Å²) in [7, 11) is 3.34. The van der Waals surface area contributed by atoms with E-state index < -0.39 is 75.2 Å². The van der Waals surface area contributed by atoms with Crippen molar-refractivity contribution in [1.29, 1.82) is 0 Å². The molecule has 460 valence electrons. The quantitative estimate of drug-likeness (QED) is 0.0254. The minimum atomic E-state index is -4.32. The lowest BCUT2D eigenvalue weighted by Crippen LogP contribution is -2.47. The predicted octanol–water partition coefficient (Wildman–Crippen LogP) is 11.7. The van der Waals surface area contributed by atoms with Gasteiger partial charge < -0.3 is 44.3 Å². The van der Waals surface area contributed by atoms with Gasteiger partial charge in [0.05, 0.1) is 82.2 Å². The van der Waals surface area contributed by atoms with Crippen molar-refractivity contribution < 1.29 is 61.2 Å². The molecule has 0 bridgehead atoms. The fraction of sp³-hybridized carbons (Fsp3) is 0.919. The first-order valence-electron chi connectivity index (χ1n) is 31.7. The lowest BCUT2D eigenvalue weighted by atomic mass is 9.70. The first kappa shape index (κ1) is 75.2. The molecule has 0 saturated carbocycles. The number of hydrogen-bond acceptors (Lipinski definition) is 9. The van der Waals surface area contributed by atoms with Crippen LogP contribution >= 0.6 is 0 Å². The van der Waals surface area contributed by atoms with E-state index in [0.717, 1.165) is 51.4 Å². The van der Waals surface area contributed by atoms with Crippen LogP contribution < -0.4 is 15.7 Å². The van der Waals surface area contributed by atoms with Crippen LogP contribution in [-0.2, 0) is 34.1 Å². The van der Waals surface area contributed by atoms with Crippen LogP contribution in [-0.4, -0.2) is 135 Å². The number of carboxylic acids is 3. The normalized spacial score (nSPS) is 14.6. The van der Waals surface area contributed by atoms with Crippen LogP contribution in [0, 0.1) is 35.5 Å². The number of carbonyl (C=O) groups excluding carboxylic acids is 3. The van der Waals surface area contributed by atoms with Crippen molar-refractivity contribution in [1.82, 2.24) is 10.6 Å². The Bertz CT molecular complexity index is 1680. The molecule has 0 aromatic rings. The highest BCUT2D eigenvalue weighted by Crippen LogP contribution is 2.38. The highest BCUT2D eigenvalue weighted by Gasteiger charge is 2.43. The number of carbonyl (C=O) groups is 5. The summed E-state index contributed by atoms with van der Waals surface area (Å²) in [6.45, 7) is 10.6. The van der Waals surface area contributed by atoms with E-state index in [1.54, 1.807) is 6.92 Å². The molecular formula is C62H120N4O11S. The van der Waals surface area contributed by atoms with Crippen LogP contribution in [0.25, 0.3) is 0 Å².